The van der Waals surface area contributed by atoms with Crippen molar-refractivity contribution in [3.63, 3.8) is 0 Å². The number of likely N-dealkylation sites (tertiary alicyclic amines) is 1. The Morgan fingerprint density at radius 3 is 2.65 bits per heavy atom. The molecule has 98 valence electrons. The molecule has 2 amide bonds. The van der Waals surface area contributed by atoms with Crippen LogP contribution >= 0.6 is 0 Å². The van der Waals surface area contributed by atoms with Crippen molar-refractivity contribution in [1.82, 2.24) is 10.2 Å². The minimum atomic E-state index is -1.04. The van der Waals surface area contributed by atoms with E-state index in [9.17, 15) is 14.7 Å². The number of carboxylic acid groups (broad SMARTS) is 1. The number of aliphatic carboxylic acids is 1. The average Bonchev–Trinajstić information content (AvgIpc) is 2.23. The van der Waals surface area contributed by atoms with E-state index in [4.69, 9.17) is 5.11 Å². The number of amides is 2. The monoisotopic (exact) mass is 244 g/mol. The van der Waals surface area contributed by atoms with Crippen LogP contribution in [0, 0.1) is 0 Å². The van der Waals surface area contributed by atoms with Gasteiger partial charge in [0.25, 0.3) is 0 Å². The molecule has 6 heteroatoms. The Labute approximate surface area is 101 Å². The highest BCUT2D eigenvalue weighted by Gasteiger charge is 2.32. The number of carbonyl (C=O) groups excluding carboxylic acids is 1. The van der Waals surface area contributed by atoms with Gasteiger partial charge in [0.2, 0.25) is 0 Å². The number of urea groups is 1. The Balaban J connectivity index is 2.55. The zero-order chi connectivity index (χ0) is 13.1. The van der Waals surface area contributed by atoms with Crippen LogP contribution in [0.4, 0.5) is 4.79 Å². The summed E-state index contributed by atoms with van der Waals surface area (Å²) >= 11 is 0. The molecule has 1 heterocycles. The molecule has 1 aliphatic rings. The first-order valence-electron chi connectivity index (χ1n) is 5.86. The average molecular weight is 244 g/mol. The third kappa shape index (κ3) is 3.89. The minimum absolute atomic E-state index is 0.245. The molecule has 1 rings (SSSR count). The van der Waals surface area contributed by atoms with Gasteiger partial charge in [0.1, 0.15) is 6.04 Å². The third-order valence-corrected chi connectivity index (χ3v) is 2.97. The lowest BCUT2D eigenvalue weighted by Gasteiger charge is -2.37. The third-order valence-electron chi connectivity index (χ3n) is 2.97. The molecule has 3 N–H and O–H groups in total. The summed E-state index contributed by atoms with van der Waals surface area (Å²) < 4.78 is 0. The van der Waals surface area contributed by atoms with E-state index in [1.165, 1.54) is 4.90 Å². The fourth-order valence-electron chi connectivity index (χ4n) is 1.97. The van der Waals surface area contributed by atoms with Crippen LogP contribution in [0.3, 0.4) is 0 Å². The smallest absolute Gasteiger partial charge is 0.326 e. The fourth-order valence-corrected chi connectivity index (χ4v) is 1.97. The van der Waals surface area contributed by atoms with Gasteiger partial charge in [0, 0.05) is 6.54 Å². The molecule has 17 heavy (non-hydrogen) atoms. The number of piperidine rings is 1. The van der Waals surface area contributed by atoms with Gasteiger partial charge < -0.3 is 20.4 Å². The van der Waals surface area contributed by atoms with E-state index in [0.717, 1.165) is 6.42 Å². The maximum atomic E-state index is 11.8. The van der Waals surface area contributed by atoms with Crippen molar-refractivity contribution in [2.45, 2.75) is 44.8 Å². The van der Waals surface area contributed by atoms with Gasteiger partial charge in [0.15, 0.2) is 0 Å². The van der Waals surface area contributed by atoms with Crippen LogP contribution in [-0.2, 0) is 4.79 Å². The zero-order valence-corrected chi connectivity index (χ0v) is 10.3. The second-order valence-electron chi connectivity index (χ2n) is 4.77. The summed E-state index contributed by atoms with van der Waals surface area (Å²) in [5, 5.41) is 21.1. The standard InChI is InChI=1S/C11H20N2O4/c1-3-8(9(14)15)12-10(16)13-6-4-5-11(2,17)7-13/h8,17H,3-7H2,1-2H3,(H,12,16)(H,14,15)/t8-,11?/m1/s1. The van der Waals surface area contributed by atoms with Gasteiger partial charge in [-0.3, -0.25) is 0 Å². The Morgan fingerprint density at radius 2 is 2.18 bits per heavy atom. The predicted molar refractivity (Wildman–Crippen MR) is 61.7 cm³/mol. The van der Waals surface area contributed by atoms with E-state index in [1.54, 1.807) is 13.8 Å². The molecular formula is C11H20N2O4. The van der Waals surface area contributed by atoms with E-state index in [-0.39, 0.29) is 6.54 Å². The van der Waals surface area contributed by atoms with Crippen molar-refractivity contribution in [2.75, 3.05) is 13.1 Å². The molecule has 1 saturated heterocycles. The molecule has 0 aromatic heterocycles. The molecule has 6 nitrogen and oxygen atoms in total. The minimum Gasteiger partial charge on any atom is -0.480 e. The van der Waals surface area contributed by atoms with E-state index in [0.29, 0.717) is 19.4 Å². The summed E-state index contributed by atoms with van der Waals surface area (Å²) in [6, 6.07) is -1.28. The van der Waals surface area contributed by atoms with Crippen molar-refractivity contribution in [2.24, 2.45) is 0 Å². The van der Waals surface area contributed by atoms with E-state index in [2.05, 4.69) is 5.32 Å². The Bertz CT molecular complexity index is 304. The highest BCUT2D eigenvalue weighted by atomic mass is 16.4. The highest BCUT2D eigenvalue weighted by molar-refractivity contribution is 5.82. The van der Waals surface area contributed by atoms with Crippen molar-refractivity contribution < 1.29 is 19.8 Å². The molecule has 0 bridgehead atoms. The maximum Gasteiger partial charge on any atom is 0.326 e. The van der Waals surface area contributed by atoms with Crippen molar-refractivity contribution in [3.8, 4) is 0 Å². The van der Waals surface area contributed by atoms with Crippen LogP contribution in [0.2, 0.25) is 0 Å². The lowest BCUT2D eigenvalue weighted by molar-refractivity contribution is -0.139. The summed E-state index contributed by atoms with van der Waals surface area (Å²) in [6.45, 7) is 4.18. The molecule has 0 aliphatic carbocycles. The Morgan fingerprint density at radius 1 is 1.53 bits per heavy atom. The number of hydrogen-bond acceptors (Lipinski definition) is 3. The van der Waals surface area contributed by atoms with E-state index in [1.807, 2.05) is 0 Å². The number of carbonyl (C=O) groups is 2. The summed E-state index contributed by atoms with van der Waals surface area (Å²) in [7, 11) is 0. The normalized spacial score (nSPS) is 26.4. The molecule has 1 unspecified atom stereocenters. The summed E-state index contributed by atoms with van der Waals surface area (Å²) in [4.78, 5) is 24.1. The molecule has 0 saturated carbocycles. The van der Waals surface area contributed by atoms with Gasteiger partial charge in [0.05, 0.1) is 12.1 Å². The number of nitrogens with one attached hydrogen (secondary N) is 1. The number of rotatable bonds is 3. The van der Waals surface area contributed by atoms with Gasteiger partial charge in [-0.1, -0.05) is 6.92 Å². The second-order valence-corrected chi connectivity index (χ2v) is 4.77. The van der Waals surface area contributed by atoms with Crippen LogP contribution in [0.15, 0.2) is 0 Å². The predicted octanol–water partition coefficient (Wildman–Crippen LogP) is 0.406. The van der Waals surface area contributed by atoms with Crippen molar-refractivity contribution in [3.05, 3.63) is 0 Å². The zero-order valence-electron chi connectivity index (χ0n) is 10.3. The van der Waals surface area contributed by atoms with Crippen LogP contribution in [-0.4, -0.2) is 51.8 Å². The van der Waals surface area contributed by atoms with E-state index < -0.39 is 23.6 Å². The molecular weight excluding hydrogens is 224 g/mol. The topological polar surface area (TPSA) is 89.9 Å². The summed E-state index contributed by atoms with van der Waals surface area (Å²) in [5.74, 6) is -1.04. The quantitative estimate of drug-likeness (QED) is 0.670. The number of carboxylic acids is 1. The summed E-state index contributed by atoms with van der Waals surface area (Å²) in [5.41, 5.74) is -0.874. The van der Waals surface area contributed by atoms with Gasteiger partial charge >= 0.3 is 12.0 Å². The van der Waals surface area contributed by atoms with Crippen LogP contribution in [0.25, 0.3) is 0 Å². The molecule has 0 spiro atoms. The van der Waals surface area contributed by atoms with Gasteiger partial charge in [-0.2, -0.15) is 0 Å². The lowest BCUT2D eigenvalue weighted by Crippen LogP contribution is -2.54. The first-order valence-corrected chi connectivity index (χ1v) is 5.86. The van der Waals surface area contributed by atoms with Crippen LogP contribution in [0.1, 0.15) is 33.1 Å². The van der Waals surface area contributed by atoms with Crippen LogP contribution in [0.5, 0.6) is 0 Å². The Hall–Kier alpha value is -1.30. The summed E-state index contributed by atoms with van der Waals surface area (Å²) in [6.07, 6.45) is 1.72. The maximum absolute atomic E-state index is 11.8. The molecule has 0 aromatic rings. The second kappa shape index (κ2) is 5.35. The highest BCUT2D eigenvalue weighted by Crippen LogP contribution is 2.20. The first kappa shape index (κ1) is 13.8. The molecule has 1 fully saturated rings. The number of hydrogen-bond donors (Lipinski definition) is 3. The number of nitrogens with zero attached hydrogens (tertiary/aromatic N) is 1. The lowest BCUT2D eigenvalue weighted by atomic mass is 9.95. The van der Waals surface area contributed by atoms with Gasteiger partial charge in [-0.25, -0.2) is 9.59 Å². The van der Waals surface area contributed by atoms with Gasteiger partial charge in [-0.15, -0.1) is 0 Å². The van der Waals surface area contributed by atoms with Crippen molar-refractivity contribution >= 4 is 12.0 Å². The Kier molecular flexibility index (Phi) is 4.34. The number of β-amino-alcohol motifs (C(OH)–C–C–N with tert-alkyl or cyclic N) is 1. The molecule has 1 aliphatic heterocycles. The number of aliphatic hydroxyl groups is 1. The van der Waals surface area contributed by atoms with Crippen LogP contribution < -0.4 is 5.32 Å². The fraction of sp³-hybridized carbons (Fsp3) is 0.818. The first-order chi connectivity index (χ1) is 7.85. The molecule has 2 atom stereocenters. The SMILES string of the molecule is CC[C@@H](NC(=O)N1CCCC(C)(O)C1)C(=O)O. The molecule has 0 radical (unpaired) electrons. The molecule has 0 aromatic carbocycles. The van der Waals surface area contributed by atoms with E-state index >= 15 is 0 Å². The van der Waals surface area contributed by atoms with Crippen molar-refractivity contribution in [1.29, 1.82) is 0 Å². The van der Waals surface area contributed by atoms with Gasteiger partial charge in [-0.05, 0) is 26.2 Å². The largest absolute Gasteiger partial charge is 0.480 e.